The molecule has 0 atom stereocenters. The number of pyridine rings is 1. The van der Waals surface area contributed by atoms with Gasteiger partial charge in [-0.2, -0.15) is 0 Å². The maximum Gasteiger partial charge on any atom is 0.389 e. The number of rotatable bonds is 2. The van der Waals surface area contributed by atoms with Crippen LogP contribution in [0.2, 0.25) is 0 Å². The first-order valence-electron chi connectivity index (χ1n) is 4.46. The van der Waals surface area contributed by atoms with Crippen molar-refractivity contribution >= 4 is 11.3 Å². The van der Waals surface area contributed by atoms with Crippen molar-refractivity contribution < 1.29 is 4.92 Å². The molecule has 0 aromatic carbocycles. The molecule has 0 saturated carbocycles. The third kappa shape index (κ3) is 1.35. The third-order valence-corrected chi connectivity index (χ3v) is 2.27. The lowest BCUT2D eigenvalue weighted by molar-refractivity contribution is -0.387. The van der Waals surface area contributed by atoms with Crippen molar-refractivity contribution in [2.75, 3.05) is 0 Å². The fourth-order valence-electron chi connectivity index (χ4n) is 1.67. The van der Waals surface area contributed by atoms with Crippen molar-refractivity contribution in [3.8, 4) is 0 Å². The Hall–Kier alpha value is -1.95. The summed E-state index contributed by atoms with van der Waals surface area (Å²) in [6.45, 7) is 2.05. The van der Waals surface area contributed by atoms with Gasteiger partial charge >= 0.3 is 5.82 Å². The SMILES string of the molecule is Cc1nc([N+](=O)[O-])c2cccc(CN)n12. The summed E-state index contributed by atoms with van der Waals surface area (Å²) in [6.07, 6.45) is 0. The summed E-state index contributed by atoms with van der Waals surface area (Å²) < 4.78 is 1.71. The van der Waals surface area contributed by atoms with Crippen LogP contribution in [0.25, 0.3) is 5.52 Å². The molecule has 2 rings (SSSR count). The summed E-state index contributed by atoms with van der Waals surface area (Å²) in [6, 6.07) is 5.23. The first kappa shape index (κ1) is 9.60. The Morgan fingerprint density at radius 1 is 1.60 bits per heavy atom. The Morgan fingerprint density at radius 2 is 2.33 bits per heavy atom. The Balaban J connectivity index is 2.85. The Kier molecular flexibility index (Phi) is 2.12. The van der Waals surface area contributed by atoms with E-state index < -0.39 is 4.92 Å². The van der Waals surface area contributed by atoms with Gasteiger partial charge in [0.2, 0.25) is 5.82 Å². The predicted octanol–water partition coefficient (Wildman–Crippen LogP) is 1.01. The van der Waals surface area contributed by atoms with Crippen molar-refractivity contribution in [3.63, 3.8) is 0 Å². The number of aromatic nitrogens is 2. The number of fused-ring (bicyclic) bond motifs is 1. The van der Waals surface area contributed by atoms with E-state index in [1.54, 1.807) is 23.5 Å². The molecule has 15 heavy (non-hydrogen) atoms. The van der Waals surface area contributed by atoms with Crippen LogP contribution in [0.4, 0.5) is 5.82 Å². The Morgan fingerprint density at radius 3 is 2.93 bits per heavy atom. The van der Waals surface area contributed by atoms with Crippen molar-refractivity contribution in [1.29, 1.82) is 0 Å². The number of hydrogen-bond acceptors (Lipinski definition) is 4. The molecule has 0 aliphatic rings. The summed E-state index contributed by atoms with van der Waals surface area (Å²) in [7, 11) is 0. The molecule has 0 aliphatic carbocycles. The van der Waals surface area contributed by atoms with Crippen LogP contribution in [0.1, 0.15) is 11.5 Å². The molecule has 0 bridgehead atoms. The zero-order chi connectivity index (χ0) is 11.0. The van der Waals surface area contributed by atoms with Gasteiger partial charge in [-0.1, -0.05) is 6.07 Å². The first-order chi connectivity index (χ1) is 7.15. The molecule has 0 amide bonds. The third-order valence-electron chi connectivity index (χ3n) is 2.27. The van der Waals surface area contributed by atoms with Crippen LogP contribution in [-0.2, 0) is 6.54 Å². The number of nitro groups is 1. The zero-order valence-corrected chi connectivity index (χ0v) is 8.17. The maximum absolute atomic E-state index is 10.7. The molecular formula is C9H10N4O2. The first-order valence-corrected chi connectivity index (χ1v) is 4.46. The monoisotopic (exact) mass is 206 g/mol. The fraction of sp³-hybridized carbons (Fsp3) is 0.222. The minimum absolute atomic E-state index is 0.122. The second-order valence-electron chi connectivity index (χ2n) is 3.18. The van der Waals surface area contributed by atoms with Gasteiger partial charge in [-0.15, -0.1) is 0 Å². The van der Waals surface area contributed by atoms with E-state index in [0.717, 1.165) is 5.69 Å². The van der Waals surface area contributed by atoms with Crippen LogP contribution in [0.5, 0.6) is 0 Å². The largest absolute Gasteiger partial charge is 0.389 e. The topological polar surface area (TPSA) is 86.5 Å². The fourth-order valence-corrected chi connectivity index (χ4v) is 1.67. The average molecular weight is 206 g/mol. The van der Waals surface area contributed by atoms with Gasteiger partial charge in [0.15, 0.2) is 0 Å². The molecule has 0 saturated heterocycles. The van der Waals surface area contributed by atoms with E-state index in [2.05, 4.69) is 4.98 Å². The van der Waals surface area contributed by atoms with E-state index in [1.807, 2.05) is 6.07 Å². The second kappa shape index (κ2) is 3.32. The number of nitrogens with zero attached hydrogens (tertiary/aromatic N) is 3. The second-order valence-corrected chi connectivity index (χ2v) is 3.18. The lowest BCUT2D eigenvalue weighted by Gasteiger charge is -2.01. The Labute approximate surface area is 85.5 Å². The van der Waals surface area contributed by atoms with E-state index in [1.165, 1.54) is 0 Å². The smallest absolute Gasteiger partial charge is 0.358 e. The number of nitrogens with two attached hydrogens (primary N) is 1. The van der Waals surface area contributed by atoms with Crippen LogP contribution >= 0.6 is 0 Å². The zero-order valence-electron chi connectivity index (χ0n) is 8.17. The highest BCUT2D eigenvalue weighted by atomic mass is 16.6. The van der Waals surface area contributed by atoms with Crippen molar-refractivity contribution in [2.45, 2.75) is 13.5 Å². The van der Waals surface area contributed by atoms with Crippen molar-refractivity contribution in [1.82, 2.24) is 9.38 Å². The molecule has 0 radical (unpaired) electrons. The molecule has 2 aromatic rings. The number of hydrogen-bond donors (Lipinski definition) is 1. The van der Waals surface area contributed by atoms with E-state index in [0.29, 0.717) is 17.9 Å². The molecule has 78 valence electrons. The quantitative estimate of drug-likeness (QED) is 0.586. The normalized spacial score (nSPS) is 10.8. The molecule has 0 spiro atoms. The highest BCUT2D eigenvalue weighted by Gasteiger charge is 2.20. The van der Waals surface area contributed by atoms with Gasteiger partial charge in [-0.05, 0) is 22.0 Å². The van der Waals surface area contributed by atoms with Crippen LogP contribution in [0.15, 0.2) is 18.2 Å². The van der Waals surface area contributed by atoms with Gasteiger partial charge in [0.1, 0.15) is 5.52 Å². The molecule has 0 aliphatic heterocycles. The van der Waals surface area contributed by atoms with Gasteiger partial charge in [0, 0.05) is 19.2 Å². The van der Waals surface area contributed by atoms with E-state index in [-0.39, 0.29) is 5.82 Å². The van der Waals surface area contributed by atoms with Gasteiger partial charge in [-0.3, -0.25) is 4.40 Å². The molecule has 0 unspecified atom stereocenters. The molecule has 2 heterocycles. The summed E-state index contributed by atoms with van der Waals surface area (Å²) in [4.78, 5) is 14.1. The molecule has 2 N–H and O–H groups in total. The molecule has 2 aromatic heterocycles. The van der Waals surface area contributed by atoms with Gasteiger partial charge in [-0.25, -0.2) is 0 Å². The summed E-state index contributed by atoms with van der Waals surface area (Å²) in [5.74, 6) is 0.459. The highest BCUT2D eigenvalue weighted by Crippen LogP contribution is 2.21. The van der Waals surface area contributed by atoms with Crippen LogP contribution in [-0.4, -0.2) is 14.3 Å². The summed E-state index contributed by atoms with van der Waals surface area (Å²) in [5, 5.41) is 10.7. The molecule has 6 nitrogen and oxygen atoms in total. The van der Waals surface area contributed by atoms with Crippen molar-refractivity contribution in [3.05, 3.63) is 39.8 Å². The highest BCUT2D eigenvalue weighted by molar-refractivity contribution is 5.63. The summed E-state index contributed by atoms with van der Waals surface area (Å²) >= 11 is 0. The van der Waals surface area contributed by atoms with E-state index in [4.69, 9.17) is 5.73 Å². The van der Waals surface area contributed by atoms with Crippen LogP contribution in [0.3, 0.4) is 0 Å². The van der Waals surface area contributed by atoms with Crippen molar-refractivity contribution in [2.24, 2.45) is 5.73 Å². The van der Waals surface area contributed by atoms with E-state index in [9.17, 15) is 10.1 Å². The number of imidazole rings is 1. The predicted molar refractivity (Wildman–Crippen MR) is 54.5 cm³/mol. The van der Waals surface area contributed by atoms with Crippen LogP contribution < -0.4 is 5.73 Å². The Bertz CT molecular complexity index is 532. The molecular weight excluding hydrogens is 196 g/mol. The summed E-state index contributed by atoms with van der Waals surface area (Å²) in [5.41, 5.74) is 6.85. The molecule has 6 heteroatoms. The lowest BCUT2D eigenvalue weighted by atomic mass is 10.3. The maximum atomic E-state index is 10.7. The molecule has 0 fully saturated rings. The van der Waals surface area contributed by atoms with Crippen LogP contribution in [0, 0.1) is 17.0 Å². The van der Waals surface area contributed by atoms with Gasteiger partial charge < -0.3 is 15.8 Å². The van der Waals surface area contributed by atoms with Gasteiger partial charge in [0.25, 0.3) is 0 Å². The lowest BCUT2D eigenvalue weighted by Crippen LogP contribution is -2.04. The minimum Gasteiger partial charge on any atom is -0.358 e. The minimum atomic E-state index is -0.484. The van der Waals surface area contributed by atoms with E-state index >= 15 is 0 Å². The van der Waals surface area contributed by atoms with Gasteiger partial charge in [0.05, 0.1) is 0 Å². The standard InChI is InChI=1S/C9H10N4O2/c1-6-11-9(13(14)15)8-4-2-3-7(5-10)12(6)8/h2-4H,5,10H2,1H3. The average Bonchev–Trinajstić information content (AvgIpc) is 2.56. The number of aryl methyl sites for hydroxylation is 1.